The fourth-order valence-electron chi connectivity index (χ4n) is 1.36. The van der Waals surface area contributed by atoms with Gasteiger partial charge in [0.05, 0.1) is 23.2 Å². The molecule has 0 aromatic carbocycles. The lowest BCUT2D eigenvalue weighted by Crippen LogP contribution is -2.00. The molecule has 2 aromatic rings. The van der Waals surface area contributed by atoms with Crippen molar-refractivity contribution in [3.05, 3.63) is 40.6 Å². The molecule has 5 heteroatoms. The van der Waals surface area contributed by atoms with Crippen LogP contribution in [0.15, 0.2) is 30.2 Å². The highest BCUT2D eigenvalue weighted by molar-refractivity contribution is 7.09. The predicted octanol–water partition coefficient (Wildman–Crippen LogP) is 2.02. The van der Waals surface area contributed by atoms with E-state index >= 15 is 0 Å². The zero-order valence-electron chi connectivity index (χ0n) is 8.83. The fraction of sp³-hybridized carbons (Fsp3) is 0.273. The Kier molecular flexibility index (Phi) is 3.48. The van der Waals surface area contributed by atoms with Gasteiger partial charge in [0.2, 0.25) is 0 Å². The minimum atomic E-state index is -0.680. The van der Waals surface area contributed by atoms with Crippen molar-refractivity contribution in [3.8, 4) is 5.75 Å². The van der Waals surface area contributed by atoms with Gasteiger partial charge in [-0.1, -0.05) is 0 Å². The highest BCUT2D eigenvalue weighted by atomic mass is 32.1. The SMILES string of the molecule is CCOc1cncc(C(O)c2cncs2)c1. The fourth-order valence-corrected chi connectivity index (χ4v) is 1.99. The summed E-state index contributed by atoms with van der Waals surface area (Å²) in [6.07, 6.45) is 4.24. The van der Waals surface area contributed by atoms with Crippen LogP contribution in [0.4, 0.5) is 0 Å². The summed E-state index contributed by atoms with van der Waals surface area (Å²) in [5, 5.41) is 10.0. The standard InChI is InChI=1S/C11H12N2O2S/c1-2-15-9-3-8(4-12-5-9)11(14)10-6-13-7-16-10/h3-7,11,14H,2H2,1H3. The lowest BCUT2D eigenvalue weighted by molar-refractivity contribution is 0.222. The first-order valence-corrected chi connectivity index (χ1v) is 5.83. The van der Waals surface area contributed by atoms with Crippen LogP contribution in [0.2, 0.25) is 0 Å². The van der Waals surface area contributed by atoms with E-state index in [9.17, 15) is 5.11 Å². The van der Waals surface area contributed by atoms with E-state index in [0.717, 1.165) is 10.4 Å². The molecule has 2 rings (SSSR count). The molecule has 0 bridgehead atoms. The monoisotopic (exact) mass is 236 g/mol. The van der Waals surface area contributed by atoms with E-state index in [2.05, 4.69) is 9.97 Å². The predicted molar refractivity (Wildman–Crippen MR) is 61.6 cm³/mol. The highest BCUT2D eigenvalue weighted by Gasteiger charge is 2.13. The van der Waals surface area contributed by atoms with Crippen molar-refractivity contribution < 1.29 is 9.84 Å². The molecule has 0 aliphatic carbocycles. The number of pyridine rings is 1. The molecule has 0 saturated carbocycles. The van der Waals surface area contributed by atoms with Crippen LogP contribution in [0.1, 0.15) is 23.5 Å². The second kappa shape index (κ2) is 5.05. The molecule has 1 atom stereocenters. The Balaban J connectivity index is 2.23. The molecule has 0 spiro atoms. The van der Waals surface area contributed by atoms with Gasteiger partial charge in [0.1, 0.15) is 11.9 Å². The van der Waals surface area contributed by atoms with Crippen LogP contribution in [0.5, 0.6) is 5.75 Å². The number of aromatic nitrogens is 2. The Labute approximate surface area is 97.6 Å². The molecule has 16 heavy (non-hydrogen) atoms. The molecule has 0 amide bonds. The summed E-state index contributed by atoms with van der Waals surface area (Å²) in [5.74, 6) is 0.670. The summed E-state index contributed by atoms with van der Waals surface area (Å²) >= 11 is 1.42. The minimum Gasteiger partial charge on any atom is -0.492 e. The maximum absolute atomic E-state index is 10.0. The number of aliphatic hydroxyl groups excluding tert-OH is 1. The first kappa shape index (κ1) is 11.0. The molecule has 1 unspecified atom stereocenters. The number of ether oxygens (including phenoxy) is 1. The number of aliphatic hydroxyl groups is 1. The zero-order chi connectivity index (χ0) is 11.4. The van der Waals surface area contributed by atoms with Crippen LogP contribution in [-0.4, -0.2) is 21.7 Å². The Morgan fingerprint density at radius 1 is 1.38 bits per heavy atom. The number of nitrogens with zero attached hydrogens (tertiary/aromatic N) is 2. The molecule has 1 N–H and O–H groups in total. The van der Waals surface area contributed by atoms with Crippen molar-refractivity contribution in [1.82, 2.24) is 9.97 Å². The summed E-state index contributed by atoms with van der Waals surface area (Å²) in [5.41, 5.74) is 2.41. The first-order valence-electron chi connectivity index (χ1n) is 4.95. The third kappa shape index (κ3) is 2.37. The van der Waals surface area contributed by atoms with Crippen molar-refractivity contribution in [2.45, 2.75) is 13.0 Å². The third-order valence-corrected chi connectivity index (χ3v) is 2.91. The first-order chi connectivity index (χ1) is 7.81. The van der Waals surface area contributed by atoms with Crippen molar-refractivity contribution >= 4 is 11.3 Å². The van der Waals surface area contributed by atoms with Gasteiger partial charge in [-0.25, -0.2) is 0 Å². The highest BCUT2D eigenvalue weighted by Crippen LogP contribution is 2.26. The van der Waals surface area contributed by atoms with Crippen LogP contribution >= 0.6 is 11.3 Å². The second-order valence-electron chi connectivity index (χ2n) is 3.19. The lowest BCUT2D eigenvalue weighted by Gasteiger charge is -2.09. The van der Waals surface area contributed by atoms with Gasteiger partial charge < -0.3 is 9.84 Å². The van der Waals surface area contributed by atoms with Crippen molar-refractivity contribution in [3.63, 3.8) is 0 Å². The van der Waals surface area contributed by atoms with Gasteiger partial charge in [0, 0.05) is 18.0 Å². The average molecular weight is 236 g/mol. The van der Waals surface area contributed by atoms with Gasteiger partial charge in [-0.2, -0.15) is 0 Å². The van der Waals surface area contributed by atoms with E-state index in [1.165, 1.54) is 11.3 Å². The topological polar surface area (TPSA) is 55.2 Å². The number of hydrogen-bond acceptors (Lipinski definition) is 5. The molecule has 0 aliphatic heterocycles. The summed E-state index contributed by atoms with van der Waals surface area (Å²) in [6.45, 7) is 2.49. The Bertz CT molecular complexity index is 445. The summed E-state index contributed by atoms with van der Waals surface area (Å²) in [6, 6.07) is 1.79. The largest absolute Gasteiger partial charge is 0.492 e. The quantitative estimate of drug-likeness (QED) is 0.882. The molecule has 4 nitrogen and oxygen atoms in total. The molecular weight excluding hydrogens is 224 g/mol. The third-order valence-electron chi connectivity index (χ3n) is 2.08. The van der Waals surface area contributed by atoms with Gasteiger partial charge >= 0.3 is 0 Å². The molecule has 0 radical (unpaired) electrons. The summed E-state index contributed by atoms with van der Waals surface area (Å²) in [4.78, 5) is 8.77. The smallest absolute Gasteiger partial charge is 0.137 e. The number of thiazole rings is 1. The second-order valence-corrected chi connectivity index (χ2v) is 4.11. The van der Waals surface area contributed by atoms with E-state index in [-0.39, 0.29) is 0 Å². The minimum absolute atomic E-state index is 0.585. The van der Waals surface area contributed by atoms with Gasteiger partial charge in [0.25, 0.3) is 0 Å². The van der Waals surface area contributed by atoms with Gasteiger partial charge in [0.15, 0.2) is 0 Å². The Morgan fingerprint density at radius 3 is 2.94 bits per heavy atom. The zero-order valence-corrected chi connectivity index (χ0v) is 9.65. The molecule has 0 fully saturated rings. The average Bonchev–Trinajstić information content (AvgIpc) is 2.82. The van der Waals surface area contributed by atoms with E-state index in [1.54, 1.807) is 30.2 Å². The van der Waals surface area contributed by atoms with Gasteiger partial charge in [-0.3, -0.25) is 9.97 Å². The van der Waals surface area contributed by atoms with Crippen LogP contribution in [0, 0.1) is 0 Å². The van der Waals surface area contributed by atoms with Gasteiger partial charge in [-0.05, 0) is 13.0 Å². The molecular formula is C11H12N2O2S. The molecule has 2 heterocycles. The van der Waals surface area contributed by atoms with Crippen molar-refractivity contribution in [1.29, 1.82) is 0 Å². The number of rotatable bonds is 4. The summed E-state index contributed by atoms with van der Waals surface area (Å²) < 4.78 is 5.33. The van der Waals surface area contributed by atoms with Crippen LogP contribution in [0.25, 0.3) is 0 Å². The van der Waals surface area contributed by atoms with Crippen LogP contribution in [0.3, 0.4) is 0 Å². The van der Waals surface area contributed by atoms with Crippen molar-refractivity contribution in [2.75, 3.05) is 6.61 Å². The molecule has 0 saturated heterocycles. The number of hydrogen-bond donors (Lipinski definition) is 1. The van der Waals surface area contributed by atoms with E-state index in [4.69, 9.17) is 4.74 Å². The Hall–Kier alpha value is -1.46. The maximum Gasteiger partial charge on any atom is 0.137 e. The Morgan fingerprint density at radius 2 is 2.25 bits per heavy atom. The van der Waals surface area contributed by atoms with Crippen LogP contribution < -0.4 is 4.74 Å². The van der Waals surface area contributed by atoms with Crippen LogP contribution in [-0.2, 0) is 0 Å². The van der Waals surface area contributed by atoms with E-state index in [1.807, 2.05) is 6.92 Å². The molecule has 0 aliphatic rings. The normalized spacial score (nSPS) is 12.4. The maximum atomic E-state index is 10.0. The lowest BCUT2D eigenvalue weighted by atomic mass is 10.1. The van der Waals surface area contributed by atoms with E-state index in [0.29, 0.717) is 12.4 Å². The summed E-state index contributed by atoms with van der Waals surface area (Å²) in [7, 11) is 0. The molecule has 2 aromatic heterocycles. The van der Waals surface area contributed by atoms with Crippen molar-refractivity contribution in [2.24, 2.45) is 0 Å². The van der Waals surface area contributed by atoms with Gasteiger partial charge in [-0.15, -0.1) is 11.3 Å². The van der Waals surface area contributed by atoms with E-state index < -0.39 is 6.10 Å². The molecule has 84 valence electrons.